The fourth-order valence-electron chi connectivity index (χ4n) is 0.925. The first-order valence-electron chi connectivity index (χ1n) is 3.37. The zero-order chi connectivity index (χ0) is 7.07. The summed E-state index contributed by atoms with van der Waals surface area (Å²) in [5.74, 6) is 0.206. The smallest absolute Gasteiger partial charge is 0.102 e. The molecule has 1 aliphatic rings. The van der Waals surface area contributed by atoms with Crippen LogP contribution in [0.5, 0.6) is 0 Å². The molecular weight excluding hydrogens is 114 g/mol. The second kappa shape index (κ2) is 1.81. The Balaban J connectivity index is 2.53. The Morgan fingerprint density at radius 1 is 1.56 bits per heavy atom. The van der Waals surface area contributed by atoms with Gasteiger partial charge in [0, 0.05) is 5.71 Å². The van der Waals surface area contributed by atoms with Crippen LogP contribution in [0.15, 0.2) is 0 Å². The molecule has 1 aliphatic carbocycles. The van der Waals surface area contributed by atoms with Crippen molar-refractivity contribution >= 4 is 5.71 Å². The molecule has 2 nitrogen and oxygen atoms in total. The lowest BCUT2D eigenvalue weighted by molar-refractivity contribution is 0.215. The molecule has 1 fully saturated rings. The largest absolute Gasteiger partial charge is 0.384 e. The summed E-state index contributed by atoms with van der Waals surface area (Å²) in [5, 5.41) is 16.8. The SMILES string of the molecule is CC(C)C(=N)C1(O)CC1. The van der Waals surface area contributed by atoms with Gasteiger partial charge in [0.25, 0.3) is 0 Å². The number of hydrogen-bond donors (Lipinski definition) is 2. The van der Waals surface area contributed by atoms with E-state index in [0.717, 1.165) is 12.8 Å². The van der Waals surface area contributed by atoms with Crippen LogP contribution in [0.2, 0.25) is 0 Å². The van der Waals surface area contributed by atoms with Crippen LogP contribution in [0.3, 0.4) is 0 Å². The van der Waals surface area contributed by atoms with Crippen molar-refractivity contribution in [3.8, 4) is 0 Å². The summed E-state index contributed by atoms with van der Waals surface area (Å²) in [5.41, 5.74) is -0.184. The molecule has 0 aromatic carbocycles. The van der Waals surface area contributed by atoms with Gasteiger partial charge in [0.2, 0.25) is 0 Å². The highest BCUT2D eigenvalue weighted by molar-refractivity contribution is 5.93. The fraction of sp³-hybridized carbons (Fsp3) is 0.857. The first-order valence-corrected chi connectivity index (χ1v) is 3.37. The van der Waals surface area contributed by atoms with Crippen molar-refractivity contribution < 1.29 is 5.11 Å². The molecule has 0 amide bonds. The topological polar surface area (TPSA) is 44.1 Å². The monoisotopic (exact) mass is 127 g/mol. The summed E-state index contributed by atoms with van der Waals surface area (Å²) in [6.07, 6.45) is 1.59. The van der Waals surface area contributed by atoms with E-state index in [1.54, 1.807) is 0 Å². The maximum absolute atomic E-state index is 9.34. The summed E-state index contributed by atoms with van der Waals surface area (Å²) in [6, 6.07) is 0. The molecule has 2 heteroatoms. The first kappa shape index (κ1) is 6.75. The van der Waals surface area contributed by atoms with Gasteiger partial charge in [-0.05, 0) is 18.8 Å². The molecule has 0 spiro atoms. The molecule has 52 valence electrons. The highest BCUT2D eigenvalue weighted by Gasteiger charge is 2.45. The lowest BCUT2D eigenvalue weighted by atomic mass is 10.0. The maximum atomic E-state index is 9.34. The van der Waals surface area contributed by atoms with E-state index in [4.69, 9.17) is 5.41 Å². The van der Waals surface area contributed by atoms with E-state index in [-0.39, 0.29) is 5.92 Å². The van der Waals surface area contributed by atoms with Crippen molar-refractivity contribution in [2.45, 2.75) is 32.3 Å². The zero-order valence-electron chi connectivity index (χ0n) is 5.94. The predicted molar refractivity (Wildman–Crippen MR) is 36.7 cm³/mol. The van der Waals surface area contributed by atoms with Gasteiger partial charge in [0.1, 0.15) is 5.60 Å². The fourth-order valence-corrected chi connectivity index (χ4v) is 0.925. The summed E-state index contributed by atoms with van der Waals surface area (Å²) >= 11 is 0. The molecule has 0 aromatic rings. The Kier molecular flexibility index (Phi) is 1.35. The standard InChI is InChI=1S/C7H13NO/c1-5(2)6(8)7(9)3-4-7/h5,8-9H,3-4H2,1-2H3. The molecule has 1 saturated carbocycles. The van der Waals surface area contributed by atoms with Crippen molar-refractivity contribution in [3.63, 3.8) is 0 Å². The quantitative estimate of drug-likeness (QED) is 0.537. The Morgan fingerprint density at radius 3 is 2.11 bits per heavy atom. The highest BCUT2D eigenvalue weighted by Crippen LogP contribution is 2.37. The van der Waals surface area contributed by atoms with Gasteiger partial charge in [0.05, 0.1) is 0 Å². The third-order valence-corrected chi connectivity index (χ3v) is 1.80. The highest BCUT2D eigenvalue weighted by atomic mass is 16.3. The summed E-state index contributed by atoms with van der Waals surface area (Å²) < 4.78 is 0. The third-order valence-electron chi connectivity index (χ3n) is 1.80. The summed E-state index contributed by atoms with van der Waals surface area (Å²) in [6.45, 7) is 3.89. The van der Waals surface area contributed by atoms with Crippen LogP contribution in [0.25, 0.3) is 0 Å². The average molecular weight is 127 g/mol. The molecule has 9 heavy (non-hydrogen) atoms. The Hall–Kier alpha value is -0.370. The maximum Gasteiger partial charge on any atom is 0.102 e. The molecule has 0 bridgehead atoms. The van der Waals surface area contributed by atoms with Gasteiger partial charge in [-0.15, -0.1) is 0 Å². The Morgan fingerprint density at radius 2 is 2.00 bits per heavy atom. The third kappa shape index (κ3) is 1.13. The van der Waals surface area contributed by atoms with Gasteiger partial charge in [0.15, 0.2) is 0 Å². The van der Waals surface area contributed by atoms with Crippen LogP contribution in [0.1, 0.15) is 26.7 Å². The van der Waals surface area contributed by atoms with Crippen LogP contribution in [-0.4, -0.2) is 16.4 Å². The van der Waals surface area contributed by atoms with Gasteiger partial charge in [-0.25, -0.2) is 0 Å². The number of aliphatic hydroxyl groups is 1. The zero-order valence-corrected chi connectivity index (χ0v) is 5.94. The first-order chi connectivity index (χ1) is 4.06. The molecule has 0 saturated heterocycles. The molecule has 0 aromatic heterocycles. The number of rotatable bonds is 2. The minimum absolute atomic E-state index is 0.206. The van der Waals surface area contributed by atoms with Gasteiger partial charge < -0.3 is 10.5 Å². The lowest BCUT2D eigenvalue weighted by Crippen LogP contribution is -2.25. The summed E-state index contributed by atoms with van der Waals surface area (Å²) in [7, 11) is 0. The van der Waals surface area contributed by atoms with Gasteiger partial charge in [-0.2, -0.15) is 0 Å². The van der Waals surface area contributed by atoms with E-state index in [9.17, 15) is 5.11 Å². The molecule has 0 unspecified atom stereocenters. The molecule has 0 radical (unpaired) electrons. The van der Waals surface area contributed by atoms with Crippen LogP contribution in [0.4, 0.5) is 0 Å². The van der Waals surface area contributed by atoms with Crippen LogP contribution < -0.4 is 0 Å². The normalized spacial score (nSPS) is 22.2. The van der Waals surface area contributed by atoms with Gasteiger partial charge in [-0.3, -0.25) is 0 Å². The van der Waals surface area contributed by atoms with E-state index >= 15 is 0 Å². The average Bonchev–Trinajstić information content (AvgIpc) is 2.47. The minimum atomic E-state index is -0.686. The van der Waals surface area contributed by atoms with Crippen LogP contribution >= 0.6 is 0 Å². The van der Waals surface area contributed by atoms with Crippen molar-refractivity contribution in [2.24, 2.45) is 5.92 Å². The van der Waals surface area contributed by atoms with Gasteiger partial charge >= 0.3 is 0 Å². The van der Waals surface area contributed by atoms with E-state index in [0.29, 0.717) is 5.71 Å². The van der Waals surface area contributed by atoms with E-state index in [1.165, 1.54) is 0 Å². The van der Waals surface area contributed by atoms with E-state index in [2.05, 4.69) is 0 Å². The van der Waals surface area contributed by atoms with Crippen molar-refractivity contribution in [1.82, 2.24) is 0 Å². The van der Waals surface area contributed by atoms with Crippen molar-refractivity contribution in [2.75, 3.05) is 0 Å². The second-order valence-corrected chi connectivity index (χ2v) is 3.10. The molecule has 0 atom stereocenters. The molecular formula is C7H13NO. The Bertz CT molecular complexity index is 136. The number of hydrogen-bond acceptors (Lipinski definition) is 2. The van der Waals surface area contributed by atoms with Crippen LogP contribution in [-0.2, 0) is 0 Å². The number of nitrogens with one attached hydrogen (secondary N) is 1. The van der Waals surface area contributed by atoms with Gasteiger partial charge in [-0.1, -0.05) is 13.8 Å². The minimum Gasteiger partial charge on any atom is -0.384 e. The van der Waals surface area contributed by atoms with Crippen molar-refractivity contribution in [1.29, 1.82) is 5.41 Å². The summed E-state index contributed by atoms with van der Waals surface area (Å²) in [4.78, 5) is 0. The lowest BCUT2D eigenvalue weighted by Gasteiger charge is -2.11. The Labute approximate surface area is 55.4 Å². The van der Waals surface area contributed by atoms with Crippen molar-refractivity contribution in [3.05, 3.63) is 0 Å². The predicted octanol–water partition coefficient (Wildman–Crippen LogP) is 1.19. The molecule has 0 aliphatic heterocycles. The van der Waals surface area contributed by atoms with E-state index < -0.39 is 5.60 Å². The molecule has 0 heterocycles. The van der Waals surface area contributed by atoms with E-state index in [1.807, 2.05) is 13.8 Å². The second-order valence-electron chi connectivity index (χ2n) is 3.10. The molecule has 1 rings (SSSR count). The molecule has 2 N–H and O–H groups in total. The van der Waals surface area contributed by atoms with Crippen LogP contribution in [0, 0.1) is 11.3 Å².